The minimum absolute atomic E-state index is 0.116. The Kier molecular flexibility index (Phi) is 8.83. The van der Waals surface area contributed by atoms with E-state index in [9.17, 15) is 22.8 Å². The Hall–Kier alpha value is -4.56. The molecule has 0 aliphatic rings. The van der Waals surface area contributed by atoms with Crippen molar-refractivity contribution >= 4 is 50.0 Å². The van der Waals surface area contributed by atoms with E-state index in [1.54, 1.807) is 32.1 Å². The van der Waals surface area contributed by atoms with Gasteiger partial charge in [-0.05, 0) is 42.3 Å². The molecule has 0 atom stereocenters. The second-order valence-electron chi connectivity index (χ2n) is 9.21. The fourth-order valence-electron chi connectivity index (χ4n) is 3.97. The Morgan fingerprint density at radius 1 is 1.05 bits per heavy atom. The number of rotatable bonds is 10. The van der Waals surface area contributed by atoms with Crippen molar-refractivity contribution in [3.63, 3.8) is 0 Å². The summed E-state index contributed by atoms with van der Waals surface area (Å²) in [6, 6.07) is 13.0. The van der Waals surface area contributed by atoms with Crippen LogP contribution in [0.5, 0.6) is 0 Å². The molecule has 1 aromatic carbocycles. The van der Waals surface area contributed by atoms with E-state index in [0.717, 1.165) is 26.9 Å². The molecule has 0 radical (unpaired) electrons. The molecule has 0 bridgehead atoms. The van der Waals surface area contributed by atoms with Crippen molar-refractivity contribution in [1.29, 1.82) is 0 Å². The molecule has 0 unspecified atom stereocenters. The maximum atomic E-state index is 12.4. The first kappa shape index (κ1) is 29.4. The van der Waals surface area contributed by atoms with Gasteiger partial charge in [0.15, 0.2) is 5.13 Å². The van der Waals surface area contributed by atoms with Gasteiger partial charge in [-0.1, -0.05) is 18.2 Å². The van der Waals surface area contributed by atoms with Gasteiger partial charge in [-0.3, -0.25) is 14.4 Å². The average molecular weight is 596 g/mol. The molecule has 4 aromatic rings. The van der Waals surface area contributed by atoms with Crippen LogP contribution in [0.15, 0.2) is 60.2 Å². The molecule has 214 valence electrons. The van der Waals surface area contributed by atoms with E-state index in [-0.39, 0.29) is 24.6 Å². The number of nitrogens with zero attached hydrogens (tertiary/aromatic N) is 4. The van der Waals surface area contributed by atoms with Gasteiger partial charge < -0.3 is 20.9 Å². The Bertz CT molecular complexity index is 1710. The summed E-state index contributed by atoms with van der Waals surface area (Å²) in [5.41, 5.74) is 3.88. The third-order valence-electron chi connectivity index (χ3n) is 6.04. The summed E-state index contributed by atoms with van der Waals surface area (Å²) < 4.78 is 24.6. The number of hydrogen-bond acceptors (Lipinski definition) is 9. The molecule has 3 N–H and O–H groups in total. The molecule has 41 heavy (non-hydrogen) atoms. The molecular weight excluding hydrogens is 566 g/mol. The fraction of sp³-hybridized carbons (Fsp3) is 0.222. The number of carbonyl (C=O) groups is 3. The fourth-order valence-corrected chi connectivity index (χ4v) is 5.58. The lowest BCUT2D eigenvalue weighted by Crippen LogP contribution is -2.33. The zero-order chi connectivity index (χ0) is 29.7. The topological polar surface area (TPSA) is 155 Å². The molecule has 0 spiro atoms. The first-order valence-electron chi connectivity index (χ1n) is 12.4. The van der Waals surface area contributed by atoms with E-state index in [2.05, 4.69) is 25.9 Å². The quantitative estimate of drug-likeness (QED) is 0.252. The van der Waals surface area contributed by atoms with Crippen LogP contribution in [0.3, 0.4) is 0 Å². The van der Waals surface area contributed by atoms with Gasteiger partial charge in [0.25, 0.3) is 5.91 Å². The zero-order valence-corrected chi connectivity index (χ0v) is 24.5. The van der Waals surface area contributed by atoms with Gasteiger partial charge in [-0.25, -0.2) is 22.4 Å². The standard InChI is InChI=1S/C27H29N7O5S2/c1-17-10-21(14-34(17)41(4,38)39)26(37)30-13-24(35)32-27-31-22(16-40-27)20-7-5-6-18(11-20)19-8-9-29-23(12-19)33(3)15-25(36)28-2/h5-12,14,16H,13,15H2,1-4H3,(H,28,36)(H,30,37)(H,31,32,35). The molecule has 3 aromatic heterocycles. The number of hydrogen-bond donors (Lipinski definition) is 3. The highest BCUT2D eigenvalue weighted by molar-refractivity contribution is 7.89. The normalized spacial score (nSPS) is 11.1. The van der Waals surface area contributed by atoms with Crippen LogP contribution in [0.1, 0.15) is 16.1 Å². The smallest absolute Gasteiger partial charge is 0.253 e. The second-order valence-corrected chi connectivity index (χ2v) is 11.9. The van der Waals surface area contributed by atoms with Gasteiger partial charge in [-0.15, -0.1) is 11.3 Å². The predicted molar refractivity (Wildman–Crippen MR) is 158 cm³/mol. The summed E-state index contributed by atoms with van der Waals surface area (Å²) in [7, 11) is -0.152. The lowest BCUT2D eigenvalue weighted by Gasteiger charge is -2.17. The number of benzene rings is 1. The number of thiazole rings is 1. The van der Waals surface area contributed by atoms with Crippen molar-refractivity contribution in [3.8, 4) is 22.4 Å². The van der Waals surface area contributed by atoms with Crippen molar-refractivity contribution in [2.75, 3.05) is 43.7 Å². The minimum Gasteiger partial charge on any atom is -0.358 e. The summed E-state index contributed by atoms with van der Waals surface area (Å²) in [6.45, 7) is 1.44. The maximum absolute atomic E-state index is 12.4. The third kappa shape index (κ3) is 7.35. The van der Waals surface area contributed by atoms with Crippen LogP contribution in [0.2, 0.25) is 0 Å². The van der Waals surface area contributed by atoms with Crippen molar-refractivity contribution in [2.45, 2.75) is 6.92 Å². The third-order valence-corrected chi connectivity index (χ3v) is 7.90. The Balaban J connectivity index is 1.39. The molecule has 3 amide bonds. The van der Waals surface area contributed by atoms with Crippen LogP contribution in [0, 0.1) is 6.92 Å². The average Bonchev–Trinajstić information content (AvgIpc) is 3.58. The molecule has 14 heteroatoms. The van der Waals surface area contributed by atoms with Crippen LogP contribution in [0.25, 0.3) is 22.4 Å². The van der Waals surface area contributed by atoms with E-state index < -0.39 is 21.8 Å². The highest BCUT2D eigenvalue weighted by atomic mass is 32.2. The molecule has 4 rings (SSSR count). The number of aromatic nitrogens is 3. The number of likely N-dealkylation sites (N-methyl/N-ethyl adjacent to an activating group) is 2. The molecule has 3 heterocycles. The van der Waals surface area contributed by atoms with E-state index in [1.165, 1.54) is 23.6 Å². The molecule has 0 aliphatic heterocycles. The monoisotopic (exact) mass is 595 g/mol. The van der Waals surface area contributed by atoms with Gasteiger partial charge in [-0.2, -0.15) is 0 Å². The second kappa shape index (κ2) is 12.3. The van der Waals surface area contributed by atoms with Crippen LogP contribution in [0.4, 0.5) is 10.9 Å². The molecular formula is C27H29N7O5S2. The summed E-state index contributed by atoms with van der Waals surface area (Å²) >= 11 is 1.25. The van der Waals surface area contributed by atoms with Gasteiger partial charge in [0, 0.05) is 43.1 Å². The van der Waals surface area contributed by atoms with Crippen molar-refractivity contribution in [3.05, 3.63) is 71.5 Å². The molecule has 12 nitrogen and oxygen atoms in total. The number of aryl methyl sites for hydroxylation is 1. The summed E-state index contributed by atoms with van der Waals surface area (Å²) in [6.07, 6.45) is 3.95. The number of anilines is 2. The molecule has 0 saturated carbocycles. The van der Waals surface area contributed by atoms with Crippen molar-refractivity contribution in [2.24, 2.45) is 0 Å². The summed E-state index contributed by atoms with van der Waals surface area (Å²) in [4.78, 5) is 47.2. The number of carbonyl (C=O) groups excluding carboxylic acids is 3. The predicted octanol–water partition coefficient (Wildman–Crippen LogP) is 2.34. The minimum atomic E-state index is -3.54. The van der Waals surface area contributed by atoms with Crippen molar-refractivity contribution in [1.82, 2.24) is 24.6 Å². The van der Waals surface area contributed by atoms with Gasteiger partial charge in [0.2, 0.25) is 21.8 Å². The maximum Gasteiger partial charge on any atom is 0.253 e. The first-order valence-corrected chi connectivity index (χ1v) is 15.1. The highest BCUT2D eigenvalue weighted by Gasteiger charge is 2.17. The van der Waals surface area contributed by atoms with E-state index in [1.807, 2.05) is 41.8 Å². The van der Waals surface area contributed by atoms with Gasteiger partial charge >= 0.3 is 0 Å². The SMILES string of the molecule is CNC(=O)CN(C)c1cc(-c2cccc(-c3csc(NC(=O)CNC(=O)c4cc(C)n(S(C)(=O)=O)c4)n3)c2)ccn1. The van der Waals surface area contributed by atoms with E-state index in [4.69, 9.17) is 0 Å². The van der Waals surface area contributed by atoms with Gasteiger partial charge in [0.05, 0.1) is 30.6 Å². The van der Waals surface area contributed by atoms with Crippen LogP contribution < -0.4 is 20.9 Å². The largest absolute Gasteiger partial charge is 0.358 e. The lowest BCUT2D eigenvalue weighted by atomic mass is 10.0. The molecule has 0 aliphatic carbocycles. The van der Waals surface area contributed by atoms with Gasteiger partial charge in [0.1, 0.15) is 5.82 Å². The van der Waals surface area contributed by atoms with Crippen molar-refractivity contribution < 1.29 is 22.8 Å². The number of nitrogens with one attached hydrogen (secondary N) is 3. The summed E-state index contributed by atoms with van der Waals surface area (Å²) in [5.74, 6) is -0.501. The summed E-state index contributed by atoms with van der Waals surface area (Å²) in [5, 5.41) is 9.94. The number of pyridine rings is 1. The van der Waals surface area contributed by atoms with E-state index >= 15 is 0 Å². The number of amides is 3. The zero-order valence-electron chi connectivity index (χ0n) is 22.8. The van der Waals surface area contributed by atoms with Crippen LogP contribution in [-0.2, 0) is 19.6 Å². The highest BCUT2D eigenvalue weighted by Crippen LogP contribution is 2.30. The lowest BCUT2D eigenvalue weighted by molar-refractivity contribution is -0.119. The Morgan fingerprint density at radius 2 is 1.78 bits per heavy atom. The Labute approximate surface area is 241 Å². The first-order chi connectivity index (χ1) is 19.4. The van der Waals surface area contributed by atoms with Crippen LogP contribution in [-0.4, -0.2) is 73.5 Å². The van der Waals surface area contributed by atoms with Crippen LogP contribution >= 0.6 is 11.3 Å². The Morgan fingerprint density at radius 3 is 2.49 bits per heavy atom. The van der Waals surface area contributed by atoms with E-state index in [0.29, 0.717) is 22.3 Å². The molecule has 0 saturated heterocycles. The molecule has 0 fully saturated rings.